The van der Waals surface area contributed by atoms with Gasteiger partial charge in [-0.3, -0.25) is 14.3 Å². The quantitative estimate of drug-likeness (QED) is 0.168. The summed E-state index contributed by atoms with van der Waals surface area (Å²) in [6, 6.07) is 10.6. The molecule has 228 valence electrons. The molecule has 0 amide bonds. The molecular weight excluding hydrogens is 583 g/mol. The molecule has 1 aliphatic carbocycles. The van der Waals surface area contributed by atoms with Gasteiger partial charge in [0.05, 0.1) is 37.5 Å². The van der Waals surface area contributed by atoms with Crippen LogP contribution in [0.4, 0.5) is 4.39 Å². The molecule has 1 aliphatic rings. The van der Waals surface area contributed by atoms with E-state index in [1.165, 1.54) is 51.0 Å². The second-order valence-corrected chi connectivity index (χ2v) is 11.1. The molecule has 0 atom stereocenters. The van der Waals surface area contributed by atoms with Crippen LogP contribution in [0.5, 0.6) is 17.6 Å². The number of pyridine rings is 2. The van der Waals surface area contributed by atoms with E-state index in [-0.39, 0.29) is 29.9 Å². The first kappa shape index (κ1) is 30.9. The van der Waals surface area contributed by atoms with Crippen molar-refractivity contribution in [3.63, 3.8) is 0 Å². The number of hydrogen-bond donors (Lipinski definition) is 0. The topological polar surface area (TPSA) is 88.4 Å². The van der Waals surface area contributed by atoms with Crippen LogP contribution in [0.3, 0.4) is 0 Å². The van der Waals surface area contributed by atoms with Crippen LogP contribution in [0.25, 0.3) is 27.9 Å². The van der Waals surface area contributed by atoms with Gasteiger partial charge >= 0.3 is 6.01 Å². The van der Waals surface area contributed by atoms with Crippen molar-refractivity contribution in [1.29, 1.82) is 0 Å². The third-order valence-electron chi connectivity index (χ3n) is 7.43. The average Bonchev–Trinajstić information content (AvgIpc) is 3.04. The van der Waals surface area contributed by atoms with Crippen molar-refractivity contribution in [2.45, 2.75) is 39.0 Å². The molecule has 5 rings (SSSR count). The number of aromatic nitrogens is 4. The van der Waals surface area contributed by atoms with E-state index in [9.17, 15) is 9.18 Å². The zero-order valence-corrected chi connectivity index (χ0v) is 25.7. The smallest absolute Gasteiger partial charge is 0.319 e. The lowest BCUT2D eigenvalue weighted by atomic mass is 9.88. The minimum Gasteiger partial charge on any atom is -0.489 e. The first-order chi connectivity index (χ1) is 21.3. The van der Waals surface area contributed by atoms with Crippen LogP contribution < -0.4 is 19.8 Å². The fraction of sp³-hybridized carbons (Fsp3) is 0.294. The van der Waals surface area contributed by atoms with E-state index in [0.717, 1.165) is 18.4 Å². The lowest BCUT2D eigenvalue weighted by Gasteiger charge is -2.19. The van der Waals surface area contributed by atoms with Gasteiger partial charge in [-0.05, 0) is 79.3 Å². The Morgan fingerprint density at radius 3 is 2.59 bits per heavy atom. The van der Waals surface area contributed by atoms with Crippen LogP contribution in [0.15, 0.2) is 89.5 Å². The number of hydrogen-bond acceptors (Lipinski definition) is 7. The Hall–Kier alpha value is -4.50. The molecule has 44 heavy (non-hydrogen) atoms. The van der Waals surface area contributed by atoms with E-state index in [4.69, 9.17) is 25.8 Å². The highest BCUT2D eigenvalue weighted by Crippen LogP contribution is 2.34. The molecule has 0 aliphatic heterocycles. The number of allylic oxidation sites excluding steroid dienone is 2. The highest BCUT2D eigenvalue weighted by molar-refractivity contribution is 6.31. The molecule has 1 aromatic carbocycles. The van der Waals surface area contributed by atoms with Crippen LogP contribution in [0.2, 0.25) is 5.02 Å². The SMILES string of the molecule is COc1ncc(-c2cc(-c3cc(Cl)cc(OCC(/C=C(\C)F)=C/C4CCCCC4)c3)c(=O)n(-c3cccnc3)c2)c(OC)n1. The molecule has 10 heteroatoms. The first-order valence-corrected chi connectivity index (χ1v) is 14.8. The van der Waals surface area contributed by atoms with Gasteiger partial charge < -0.3 is 14.2 Å². The Bertz CT molecular complexity index is 1730. The maximum Gasteiger partial charge on any atom is 0.319 e. The van der Waals surface area contributed by atoms with Crippen molar-refractivity contribution in [2.75, 3.05) is 20.8 Å². The molecule has 0 bridgehead atoms. The van der Waals surface area contributed by atoms with Crippen molar-refractivity contribution in [2.24, 2.45) is 5.92 Å². The maximum absolute atomic E-state index is 14.0. The number of methoxy groups -OCH3 is 2. The number of ether oxygens (including phenoxy) is 3. The number of halogens is 2. The van der Waals surface area contributed by atoms with E-state index in [1.807, 2.05) is 0 Å². The Kier molecular flexibility index (Phi) is 10.1. The predicted molar refractivity (Wildman–Crippen MR) is 169 cm³/mol. The summed E-state index contributed by atoms with van der Waals surface area (Å²) in [7, 11) is 2.97. The first-order valence-electron chi connectivity index (χ1n) is 14.5. The Balaban J connectivity index is 1.57. The van der Waals surface area contributed by atoms with Crippen LogP contribution >= 0.6 is 11.6 Å². The van der Waals surface area contributed by atoms with E-state index in [0.29, 0.717) is 44.6 Å². The van der Waals surface area contributed by atoms with Crippen LogP contribution in [-0.4, -0.2) is 40.3 Å². The predicted octanol–water partition coefficient (Wildman–Crippen LogP) is 7.79. The van der Waals surface area contributed by atoms with Gasteiger partial charge in [0, 0.05) is 34.7 Å². The monoisotopic (exact) mass is 616 g/mol. The van der Waals surface area contributed by atoms with Crippen LogP contribution in [0, 0.1) is 5.92 Å². The van der Waals surface area contributed by atoms with Crippen LogP contribution in [-0.2, 0) is 0 Å². The molecule has 3 aromatic heterocycles. The molecule has 0 spiro atoms. The van der Waals surface area contributed by atoms with E-state index < -0.39 is 0 Å². The van der Waals surface area contributed by atoms with Crippen LogP contribution in [0.1, 0.15) is 39.0 Å². The van der Waals surface area contributed by atoms with Gasteiger partial charge in [0.2, 0.25) is 5.88 Å². The molecule has 0 unspecified atom stereocenters. The number of rotatable bonds is 10. The standard InChI is InChI=1S/C34H34ClFN4O4/c1-22(36)12-24(13-23-8-5-4-6-9-23)21-44-29-15-25(14-27(35)17-29)30-16-26(31-19-38-34(43-3)39-32(31)42-2)20-40(33(30)41)28-10-7-11-37-18-28/h7,10-20,23H,4-6,8-9,21H2,1-3H3/b22-12+,24-13+. The van der Waals surface area contributed by atoms with Gasteiger partial charge in [-0.2, -0.15) is 4.98 Å². The Morgan fingerprint density at radius 1 is 1.07 bits per heavy atom. The summed E-state index contributed by atoms with van der Waals surface area (Å²) >= 11 is 6.56. The third-order valence-corrected chi connectivity index (χ3v) is 7.65. The molecule has 0 radical (unpaired) electrons. The number of benzene rings is 1. The van der Waals surface area contributed by atoms with Crippen molar-refractivity contribution in [3.8, 4) is 45.6 Å². The van der Waals surface area contributed by atoms with E-state index >= 15 is 0 Å². The summed E-state index contributed by atoms with van der Waals surface area (Å²) in [6.45, 7) is 1.59. The molecule has 0 N–H and O–H groups in total. The number of nitrogens with zero attached hydrogens (tertiary/aromatic N) is 4. The minimum absolute atomic E-state index is 0.151. The average molecular weight is 617 g/mol. The second kappa shape index (κ2) is 14.3. The summed E-state index contributed by atoms with van der Waals surface area (Å²) in [5, 5.41) is 0.385. The molecule has 1 fully saturated rings. The highest BCUT2D eigenvalue weighted by Gasteiger charge is 2.18. The molecule has 1 saturated carbocycles. The largest absolute Gasteiger partial charge is 0.489 e. The summed E-state index contributed by atoms with van der Waals surface area (Å²) in [5.74, 6) is 0.853. The summed E-state index contributed by atoms with van der Waals surface area (Å²) in [5.41, 5.74) is 3.11. The Morgan fingerprint density at radius 2 is 1.89 bits per heavy atom. The lowest BCUT2D eigenvalue weighted by molar-refractivity contribution is 0.351. The fourth-order valence-corrected chi connectivity index (χ4v) is 5.62. The zero-order chi connectivity index (χ0) is 31.1. The lowest BCUT2D eigenvalue weighted by Crippen LogP contribution is -2.20. The second-order valence-electron chi connectivity index (χ2n) is 10.6. The van der Waals surface area contributed by atoms with Crippen molar-refractivity contribution >= 4 is 11.6 Å². The normalized spacial score (nSPS) is 14.4. The van der Waals surface area contributed by atoms with Crippen molar-refractivity contribution < 1.29 is 18.6 Å². The minimum atomic E-state index is -0.294. The zero-order valence-electron chi connectivity index (χ0n) is 24.9. The molecule has 8 nitrogen and oxygen atoms in total. The van der Waals surface area contributed by atoms with Crippen molar-refractivity contribution in [3.05, 3.63) is 100 Å². The molecule has 3 heterocycles. The summed E-state index contributed by atoms with van der Waals surface area (Å²) < 4.78 is 32.3. The van der Waals surface area contributed by atoms with Gasteiger partial charge in [-0.1, -0.05) is 36.9 Å². The molecular formula is C34H34ClFN4O4. The van der Waals surface area contributed by atoms with Crippen molar-refractivity contribution in [1.82, 2.24) is 19.5 Å². The highest BCUT2D eigenvalue weighted by atomic mass is 35.5. The van der Waals surface area contributed by atoms with Gasteiger partial charge in [0.15, 0.2) is 0 Å². The summed E-state index contributed by atoms with van der Waals surface area (Å²) in [6.07, 6.45) is 15.9. The molecule has 0 saturated heterocycles. The van der Waals surface area contributed by atoms with E-state index in [2.05, 4.69) is 21.0 Å². The molecule has 4 aromatic rings. The Labute approximate surface area is 260 Å². The third kappa shape index (κ3) is 7.52. The van der Waals surface area contributed by atoms with Gasteiger partial charge in [0.1, 0.15) is 12.4 Å². The van der Waals surface area contributed by atoms with Gasteiger partial charge in [-0.25, -0.2) is 9.37 Å². The van der Waals surface area contributed by atoms with Gasteiger partial charge in [0.25, 0.3) is 5.56 Å². The summed E-state index contributed by atoms with van der Waals surface area (Å²) in [4.78, 5) is 26.7. The maximum atomic E-state index is 14.0. The fourth-order valence-electron chi connectivity index (χ4n) is 5.39. The van der Waals surface area contributed by atoms with E-state index in [1.54, 1.807) is 61.2 Å². The van der Waals surface area contributed by atoms with Gasteiger partial charge in [-0.15, -0.1) is 0 Å².